The van der Waals surface area contributed by atoms with E-state index in [9.17, 15) is 5.11 Å². The molecule has 0 fully saturated rings. The highest BCUT2D eigenvalue weighted by atomic mass is 16.3. The van der Waals surface area contributed by atoms with E-state index in [0.717, 1.165) is 16.7 Å². The average Bonchev–Trinajstić information content (AvgIpc) is 2.31. The van der Waals surface area contributed by atoms with Gasteiger partial charge in [0.2, 0.25) is 0 Å². The van der Waals surface area contributed by atoms with E-state index in [1.165, 1.54) is 0 Å². The third-order valence-corrected chi connectivity index (χ3v) is 2.62. The van der Waals surface area contributed by atoms with Gasteiger partial charge >= 0.3 is 0 Å². The van der Waals surface area contributed by atoms with Crippen LogP contribution in [0.1, 0.15) is 22.8 Å². The van der Waals surface area contributed by atoms with Crippen molar-refractivity contribution in [3.63, 3.8) is 0 Å². The maximum Gasteiger partial charge on any atom is 0.0847 e. The average molecular weight is 214 g/mol. The maximum atomic E-state index is 10.1. The Labute approximate surface area is 94.8 Å². The van der Waals surface area contributed by atoms with Gasteiger partial charge in [-0.3, -0.25) is 9.97 Å². The predicted molar refractivity (Wildman–Crippen MR) is 61.9 cm³/mol. The van der Waals surface area contributed by atoms with Gasteiger partial charge in [-0.25, -0.2) is 0 Å². The van der Waals surface area contributed by atoms with Crippen LogP contribution in [0.4, 0.5) is 0 Å². The largest absolute Gasteiger partial charge is 0.388 e. The van der Waals surface area contributed by atoms with Gasteiger partial charge in [-0.2, -0.15) is 0 Å². The van der Waals surface area contributed by atoms with Gasteiger partial charge in [0.1, 0.15) is 0 Å². The first-order chi connectivity index (χ1) is 7.77. The predicted octanol–water partition coefficient (Wildman–Crippen LogP) is 2.06. The van der Waals surface area contributed by atoms with Crippen LogP contribution in [0, 0.1) is 6.92 Å². The minimum absolute atomic E-state index is 0.504. The Balaban J connectivity index is 2.15. The molecule has 0 aliphatic carbocycles. The number of aliphatic hydroxyl groups excluding tert-OH is 1. The number of aryl methyl sites for hydroxylation is 1. The monoisotopic (exact) mass is 214 g/mol. The normalized spacial score (nSPS) is 12.4. The van der Waals surface area contributed by atoms with Crippen LogP contribution in [0.2, 0.25) is 0 Å². The van der Waals surface area contributed by atoms with Gasteiger partial charge in [0.25, 0.3) is 0 Å². The molecule has 0 aromatic carbocycles. The Morgan fingerprint density at radius 1 is 1.12 bits per heavy atom. The molecular weight excluding hydrogens is 200 g/mol. The first-order valence-corrected chi connectivity index (χ1v) is 5.25. The molecule has 16 heavy (non-hydrogen) atoms. The van der Waals surface area contributed by atoms with Gasteiger partial charge in [-0.1, -0.05) is 0 Å². The summed E-state index contributed by atoms with van der Waals surface area (Å²) in [6.45, 7) is 1.98. The molecule has 3 nitrogen and oxygen atoms in total. The summed E-state index contributed by atoms with van der Waals surface area (Å²) in [7, 11) is 0. The smallest absolute Gasteiger partial charge is 0.0847 e. The SMILES string of the molecule is Cc1ccncc1C(O)Cc1ccncc1. The van der Waals surface area contributed by atoms with Crippen molar-refractivity contribution in [1.29, 1.82) is 0 Å². The Morgan fingerprint density at radius 2 is 1.81 bits per heavy atom. The van der Waals surface area contributed by atoms with Gasteiger partial charge in [-0.05, 0) is 36.2 Å². The van der Waals surface area contributed by atoms with E-state index in [0.29, 0.717) is 6.42 Å². The summed E-state index contributed by atoms with van der Waals surface area (Å²) in [5, 5.41) is 10.1. The van der Waals surface area contributed by atoms with Crippen molar-refractivity contribution in [2.75, 3.05) is 0 Å². The van der Waals surface area contributed by atoms with Gasteiger partial charge < -0.3 is 5.11 Å². The van der Waals surface area contributed by atoms with E-state index in [1.54, 1.807) is 24.8 Å². The molecule has 0 spiro atoms. The first kappa shape index (κ1) is 10.8. The van der Waals surface area contributed by atoms with Crippen molar-refractivity contribution in [2.24, 2.45) is 0 Å². The molecule has 1 N–H and O–H groups in total. The molecule has 0 aliphatic rings. The van der Waals surface area contributed by atoms with Crippen LogP contribution in [0.15, 0.2) is 43.0 Å². The zero-order chi connectivity index (χ0) is 11.4. The van der Waals surface area contributed by atoms with Gasteiger partial charge in [0.05, 0.1) is 6.10 Å². The fraction of sp³-hybridized carbons (Fsp3) is 0.231. The van der Waals surface area contributed by atoms with E-state index in [4.69, 9.17) is 0 Å². The molecule has 0 saturated carbocycles. The lowest BCUT2D eigenvalue weighted by Gasteiger charge is -2.12. The summed E-state index contributed by atoms with van der Waals surface area (Å²) >= 11 is 0. The zero-order valence-electron chi connectivity index (χ0n) is 9.17. The molecule has 82 valence electrons. The van der Waals surface area contributed by atoms with Crippen molar-refractivity contribution in [1.82, 2.24) is 9.97 Å². The second-order valence-corrected chi connectivity index (χ2v) is 3.81. The lowest BCUT2D eigenvalue weighted by molar-refractivity contribution is 0.177. The highest BCUT2D eigenvalue weighted by Crippen LogP contribution is 2.19. The Bertz CT molecular complexity index is 456. The topological polar surface area (TPSA) is 46.0 Å². The second-order valence-electron chi connectivity index (χ2n) is 3.81. The number of hydrogen-bond donors (Lipinski definition) is 1. The van der Waals surface area contributed by atoms with E-state index < -0.39 is 6.10 Å². The summed E-state index contributed by atoms with van der Waals surface area (Å²) < 4.78 is 0. The molecule has 2 aromatic rings. The third-order valence-electron chi connectivity index (χ3n) is 2.62. The molecular formula is C13H14N2O. The fourth-order valence-electron chi connectivity index (χ4n) is 1.68. The standard InChI is InChI=1S/C13H14N2O/c1-10-2-5-15-9-12(10)13(16)8-11-3-6-14-7-4-11/h2-7,9,13,16H,8H2,1H3. The van der Waals surface area contributed by atoms with Crippen LogP contribution in [-0.2, 0) is 6.42 Å². The number of aliphatic hydroxyl groups is 1. The Morgan fingerprint density at radius 3 is 2.50 bits per heavy atom. The van der Waals surface area contributed by atoms with Crippen molar-refractivity contribution in [3.8, 4) is 0 Å². The molecule has 2 aromatic heterocycles. The van der Waals surface area contributed by atoms with Crippen LogP contribution in [0.25, 0.3) is 0 Å². The molecule has 3 heteroatoms. The van der Waals surface area contributed by atoms with Gasteiger partial charge in [0, 0.05) is 36.8 Å². The van der Waals surface area contributed by atoms with Crippen LogP contribution < -0.4 is 0 Å². The van der Waals surface area contributed by atoms with Crippen LogP contribution >= 0.6 is 0 Å². The molecule has 0 aliphatic heterocycles. The summed E-state index contributed by atoms with van der Waals surface area (Å²) in [6.07, 6.45) is 7.01. The van der Waals surface area contributed by atoms with E-state index >= 15 is 0 Å². The number of hydrogen-bond acceptors (Lipinski definition) is 3. The highest BCUT2D eigenvalue weighted by molar-refractivity contribution is 5.25. The van der Waals surface area contributed by atoms with Crippen molar-refractivity contribution >= 4 is 0 Å². The van der Waals surface area contributed by atoms with Crippen molar-refractivity contribution < 1.29 is 5.11 Å². The summed E-state index contributed by atoms with van der Waals surface area (Å²) in [4.78, 5) is 7.98. The molecule has 0 saturated heterocycles. The number of pyridine rings is 2. The second kappa shape index (κ2) is 4.86. The zero-order valence-corrected chi connectivity index (χ0v) is 9.17. The van der Waals surface area contributed by atoms with Gasteiger partial charge in [-0.15, -0.1) is 0 Å². The molecule has 0 radical (unpaired) electrons. The highest BCUT2D eigenvalue weighted by Gasteiger charge is 2.10. The maximum absolute atomic E-state index is 10.1. The quantitative estimate of drug-likeness (QED) is 0.850. The lowest BCUT2D eigenvalue weighted by atomic mass is 10.0. The van der Waals surface area contributed by atoms with Gasteiger partial charge in [0.15, 0.2) is 0 Å². The minimum Gasteiger partial charge on any atom is -0.388 e. The first-order valence-electron chi connectivity index (χ1n) is 5.25. The van der Waals surface area contributed by atoms with Crippen molar-refractivity contribution in [2.45, 2.75) is 19.4 Å². The Hall–Kier alpha value is -1.74. The van der Waals surface area contributed by atoms with E-state index in [-0.39, 0.29) is 0 Å². The molecule has 2 heterocycles. The van der Waals surface area contributed by atoms with Crippen LogP contribution in [0.3, 0.4) is 0 Å². The summed E-state index contributed by atoms with van der Waals surface area (Å²) in [5.74, 6) is 0. The number of nitrogens with zero attached hydrogens (tertiary/aromatic N) is 2. The molecule has 2 rings (SSSR count). The Kier molecular flexibility index (Phi) is 3.27. The van der Waals surface area contributed by atoms with Crippen LogP contribution in [0.5, 0.6) is 0 Å². The van der Waals surface area contributed by atoms with Crippen molar-refractivity contribution in [3.05, 3.63) is 59.7 Å². The number of aromatic nitrogens is 2. The molecule has 0 amide bonds. The minimum atomic E-state index is -0.504. The van der Waals surface area contributed by atoms with Crippen LogP contribution in [-0.4, -0.2) is 15.1 Å². The molecule has 0 bridgehead atoms. The summed E-state index contributed by atoms with van der Waals surface area (Å²) in [5.41, 5.74) is 3.03. The third kappa shape index (κ3) is 2.44. The lowest BCUT2D eigenvalue weighted by Crippen LogP contribution is -2.04. The number of rotatable bonds is 3. The molecule has 1 atom stereocenters. The van der Waals surface area contributed by atoms with E-state index in [1.807, 2.05) is 25.1 Å². The summed E-state index contributed by atoms with van der Waals surface area (Å²) in [6, 6.07) is 5.73. The molecule has 1 unspecified atom stereocenters. The fourth-order valence-corrected chi connectivity index (χ4v) is 1.68. The van der Waals surface area contributed by atoms with E-state index in [2.05, 4.69) is 9.97 Å².